The van der Waals surface area contributed by atoms with Crippen molar-refractivity contribution in [3.05, 3.63) is 24.0 Å². The Morgan fingerprint density at radius 2 is 2.35 bits per heavy atom. The molecular weight excluding hydrogens is 212 g/mol. The molecule has 1 N–H and O–H groups in total. The first-order valence-corrected chi connectivity index (χ1v) is 6.55. The van der Waals surface area contributed by atoms with Crippen molar-refractivity contribution >= 4 is 0 Å². The van der Waals surface area contributed by atoms with Crippen LogP contribution in [0.25, 0.3) is 0 Å². The largest absolute Gasteiger partial charge is 0.495 e. The van der Waals surface area contributed by atoms with Crippen LogP contribution in [-0.2, 0) is 0 Å². The fourth-order valence-corrected chi connectivity index (χ4v) is 3.44. The molecule has 2 heterocycles. The molecule has 2 unspecified atom stereocenters. The van der Waals surface area contributed by atoms with Gasteiger partial charge in [-0.05, 0) is 56.2 Å². The molecule has 3 heteroatoms. The average molecular weight is 232 g/mol. The van der Waals surface area contributed by atoms with E-state index in [1.807, 2.05) is 6.20 Å². The Morgan fingerprint density at radius 3 is 3.12 bits per heavy atom. The minimum Gasteiger partial charge on any atom is -0.495 e. The second kappa shape index (κ2) is 4.30. The fraction of sp³-hybridized carbons (Fsp3) is 0.643. The van der Waals surface area contributed by atoms with E-state index in [-0.39, 0.29) is 0 Å². The zero-order chi connectivity index (χ0) is 11.7. The summed E-state index contributed by atoms with van der Waals surface area (Å²) < 4.78 is 5.25. The van der Waals surface area contributed by atoms with E-state index in [9.17, 15) is 0 Å². The summed E-state index contributed by atoms with van der Waals surface area (Å²) in [5.41, 5.74) is 1.78. The number of pyridine rings is 1. The van der Waals surface area contributed by atoms with Crippen LogP contribution in [0.4, 0.5) is 0 Å². The van der Waals surface area contributed by atoms with Crippen LogP contribution in [0.1, 0.15) is 43.6 Å². The standard InChI is InChI=1S/C14H20N2O/c1-17-13-7-12(9-15-10-13)11-3-5-14(8-11)4-2-6-16-14/h7,9-11,16H,2-6,8H2,1H3. The van der Waals surface area contributed by atoms with E-state index in [2.05, 4.69) is 16.4 Å². The highest BCUT2D eigenvalue weighted by Crippen LogP contribution is 2.45. The van der Waals surface area contributed by atoms with E-state index in [1.54, 1.807) is 13.3 Å². The highest BCUT2D eigenvalue weighted by atomic mass is 16.5. The highest BCUT2D eigenvalue weighted by molar-refractivity contribution is 5.28. The van der Waals surface area contributed by atoms with Crippen molar-refractivity contribution in [3.63, 3.8) is 0 Å². The first-order valence-electron chi connectivity index (χ1n) is 6.55. The van der Waals surface area contributed by atoms with Gasteiger partial charge in [0.05, 0.1) is 13.3 Å². The number of ether oxygens (including phenoxy) is 1. The highest BCUT2D eigenvalue weighted by Gasteiger charge is 2.41. The van der Waals surface area contributed by atoms with Crippen molar-refractivity contribution in [2.24, 2.45) is 0 Å². The van der Waals surface area contributed by atoms with Crippen molar-refractivity contribution in [1.82, 2.24) is 10.3 Å². The summed E-state index contributed by atoms with van der Waals surface area (Å²) in [6.07, 6.45) is 10.3. The number of nitrogens with one attached hydrogen (secondary N) is 1. The Morgan fingerprint density at radius 1 is 1.41 bits per heavy atom. The van der Waals surface area contributed by atoms with Gasteiger partial charge in [0.25, 0.3) is 0 Å². The van der Waals surface area contributed by atoms with Gasteiger partial charge in [0.15, 0.2) is 0 Å². The predicted molar refractivity (Wildman–Crippen MR) is 67.3 cm³/mol. The van der Waals surface area contributed by atoms with Crippen LogP contribution in [-0.4, -0.2) is 24.2 Å². The van der Waals surface area contributed by atoms with Crippen molar-refractivity contribution in [3.8, 4) is 5.75 Å². The van der Waals surface area contributed by atoms with Gasteiger partial charge in [0.2, 0.25) is 0 Å². The second-order valence-electron chi connectivity index (χ2n) is 5.41. The first-order chi connectivity index (χ1) is 8.31. The van der Waals surface area contributed by atoms with Gasteiger partial charge in [0.1, 0.15) is 5.75 Å². The van der Waals surface area contributed by atoms with E-state index < -0.39 is 0 Å². The SMILES string of the molecule is COc1cncc(C2CCC3(CCCN3)C2)c1. The summed E-state index contributed by atoms with van der Waals surface area (Å²) in [7, 11) is 1.70. The molecule has 0 bridgehead atoms. The van der Waals surface area contributed by atoms with Crippen LogP contribution in [0.5, 0.6) is 5.75 Å². The molecule has 2 fully saturated rings. The first kappa shape index (κ1) is 11.0. The number of methoxy groups -OCH3 is 1. The van der Waals surface area contributed by atoms with Crippen molar-refractivity contribution < 1.29 is 4.74 Å². The maximum atomic E-state index is 5.25. The smallest absolute Gasteiger partial charge is 0.137 e. The second-order valence-corrected chi connectivity index (χ2v) is 5.41. The lowest BCUT2D eigenvalue weighted by molar-refractivity contribution is 0.382. The van der Waals surface area contributed by atoms with Crippen molar-refractivity contribution in [2.75, 3.05) is 13.7 Å². The third kappa shape index (κ3) is 2.04. The summed E-state index contributed by atoms with van der Waals surface area (Å²) >= 11 is 0. The van der Waals surface area contributed by atoms with Gasteiger partial charge >= 0.3 is 0 Å². The summed E-state index contributed by atoms with van der Waals surface area (Å²) in [5, 5.41) is 3.71. The Labute approximate surface area is 103 Å². The topological polar surface area (TPSA) is 34.1 Å². The van der Waals surface area contributed by atoms with Crippen LogP contribution in [0.3, 0.4) is 0 Å². The predicted octanol–water partition coefficient (Wildman–Crippen LogP) is 2.48. The Hall–Kier alpha value is -1.09. The van der Waals surface area contributed by atoms with E-state index in [1.165, 1.54) is 44.2 Å². The lowest BCUT2D eigenvalue weighted by atomic mass is 9.92. The van der Waals surface area contributed by atoms with Gasteiger partial charge in [-0.15, -0.1) is 0 Å². The molecule has 1 saturated carbocycles. The van der Waals surface area contributed by atoms with Gasteiger partial charge in [-0.25, -0.2) is 0 Å². The Bertz CT molecular complexity index is 399. The molecule has 1 aliphatic carbocycles. The molecule has 3 rings (SSSR count). The van der Waals surface area contributed by atoms with Gasteiger partial charge < -0.3 is 10.1 Å². The van der Waals surface area contributed by atoms with Gasteiger partial charge in [0, 0.05) is 11.7 Å². The zero-order valence-corrected chi connectivity index (χ0v) is 10.4. The summed E-state index contributed by atoms with van der Waals surface area (Å²) in [5.74, 6) is 1.53. The average Bonchev–Trinajstić information content (AvgIpc) is 3.01. The number of hydrogen-bond donors (Lipinski definition) is 1. The molecule has 2 atom stereocenters. The monoisotopic (exact) mass is 232 g/mol. The zero-order valence-electron chi connectivity index (χ0n) is 10.4. The molecule has 3 nitrogen and oxygen atoms in total. The number of rotatable bonds is 2. The minimum atomic E-state index is 0.438. The van der Waals surface area contributed by atoms with E-state index >= 15 is 0 Å². The van der Waals surface area contributed by atoms with E-state index in [0.29, 0.717) is 11.5 Å². The van der Waals surface area contributed by atoms with Crippen molar-refractivity contribution in [1.29, 1.82) is 0 Å². The summed E-state index contributed by atoms with van der Waals surface area (Å²) in [6.45, 7) is 1.20. The van der Waals surface area contributed by atoms with E-state index in [0.717, 1.165) is 5.75 Å². The number of nitrogens with zero attached hydrogens (tertiary/aromatic N) is 1. The summed E-state index contributed by atoms with van der Waals surface area (Å²) in [6, 6.07) is 2.14. The minimum absolute atomic E-state index is 0.438. The lowest BCUT2D eigenvalue weighted by Crippen LogP contribution is -2.36. The van der Waals surface area contributed by atoms with Crippen molar-refractivity contribution in [2.45, 2.75) is 43.6 Å². The van der Waals surface area contributed by atoms with Gasteiger partial charge in [-0.3, -0.25) is 4.98 Å². The molecule has 1 aromatic rings. The summed E-state index contributed by atoms with van der Waals surface area (Å²) in [4.78, 5) is 4.27. The molecule has 0 aromatic carbocycles. The van der Waals surface area contributed by atoms with E-state index in [4.69, 9.17) is 4.74 Å². The lowest BCUT2D eigenvalue weighted by Gasteiger charge is -2.23. The molecular formula is C14H20N2O. The van der Waals surface area contributed by atoms with Crippen LogP contribution in [0, 0.1) is 0 Å². The molecule has 1 aliphatic heterocycles. The molecule has 2 aliphatic rings. The quantitative estimate of drug-likeness (QED) is 0.850. The molecule has 1 saturated heterocycles. The molecule has 1 spiro atoms. The van der Waals surface area contributed by atoms with Crippen LogP contribution in [0.2, 0.25) is 0 Å². The Balaban J connectivity index is 1.77. The van der Waals surface area contributed by atoms with Gasteiger partial charge in [-0.1, -0.05) is 0 Å². The number of aromatic nitrogens is 1. The number of hydrogen-bond acceptors (Lipinski definition) is 3. The molecule has 92 valence electrons. The third-order valence-electron chi connectivity index (χ3n) is 4.38. The Kier molecular flexibility index (Phi) is 2.79. The molecule has 1 aromatic heterocycles. The van der Waals surface area contributed by atoms with Crippen LogP contribution < -0.4 is 10.1 Å². The fourth-order valence-electron chi connectivity index (χ4n) is 3.44. The van der Waals surface area contributed by atoms with Crippen LogP contribution in [0.15, 0.2) is 18.5 Å². The normalized spacial score (nSPS) is 32.2. The van der Waals surface area contributed by atoms with Crippen LogP contribution >= 0.6 is 0 Å². The van der Waals surface area contributed by atoms with Gasteiger partial charge in [-0.2, -0.15) is 0 Å². The maximum absolute atomic E-state index is 5.25. The third-order valence-corrected chi connectivity index (χ3v) is 4.38. The maximum Gasteiger partial charge on any atom is 0.137 e. The molecule has 17 heavy (non-hydrogen) atoms. The molecule has 0 radical (unpaired) electrons. The molecule has 0 amide bonds.